The topological polar surface area (TPSA) is 81.8 Å². The fraction of sp³-hybridized carbons (Fsp3) is 0.722. The van der Waals surface area contributed by atoms with E-state index in [0.717, 1.165) is 17.7 Å². The summed E-state index contributed by atoms with van der Waals surface area (Å²) in [6.07, 6.45) is 4.33. The Morgan fingerprint density at radius 3 is 2.73 bits per heavy atom. The van der Waals surface area contributed by atoms with Crippen molar-refractivity contribution in [1.29, 1.82) is 0 Å². The SMILES string of the molecule is CCCCC1N=C2C3=C(N(C(=O)CCC)CNC3)[N+](=O)[N+]2(CCC)C1=O. The molecule has 0 aromatic rings. The van der Waals surface area contributed by atoms with Crippen LogP contribution in [-0.4, -0.2) is 57.8 Å². The van der Waals surface area contributed by atoms with Gasteiger partial charge in [-0.1, -0.05) is 33.6 Å². The van der Waals surface area contributed by atoms with Crippen LogP contribution in [0.25, 0.3) is 0 Å². The van der Waals surface area contributed by atoms with Gasteiger partial charge in [-0.25, -0.2) is 14.6 Å². The third-order valence-corrected chi connectivity index (χ3v) is 5.28. The van der Waals surface area contributed by atoms with Gasteiger partial charge in [0, 0.05) is 13.0 Å². The molecule has 0 aromatic carbocycles. The van der Waals surface area contributed by atoms with E-state index in [9.17, 15) is 14.5 Å². The zero-order valence-electron chi connectivity index (χ0n) is 16.0. The molecule has 0 aliphatic carbocycles. The standard InChI is InChI=1S/C18H29N5O3/c1-4-7-9-14-18(25)23(10-6-3)16(20-14)13-11-19-12-21(15(24)8-5-2)17(13)22(23)26/h14,19H,4-12H2,1-3H3/q+2. The van der Waals surface area contributed by atoms with Crippen molar-refractivity contribution in [3.63, 3.8) is 0 Å². The summed E-state index contributed by atoms with van der Waals surface area (Å²) in [4.78, 5) is 46.1. The summed E-state index contributed by atoms with van der Waals surface area (Å²) in [5.41, 5.74) is 0.705. The van der Waals surface area contributed by atoms with Crippen LogP contribution in [0.3, 0.4) is 0 Å². The first-order valence-electron chi connectivity index (χ1n) is 9.76. The van der Waals surface area contributed by atoms with E-state index in [2.05, 4.69) is 12.2 Å². The van der Waals surface area contributed by atoms with Crippen LogP contribution in [0, 0.1) is 4.91 Å². The molecular weight excluding hydrogens is 334 g/mol. The molecule has 0 aromatic heterocycles. The summed E-state index contributed by atoms with van der Waals surface area (Å²) in [6, 6.07) is -0.455. The third-order valence-electron chi connectivity index (χ3n) is 5.28. The predicted molar refractivity (Wildman–Crippen MR) is 96.5 cm³/mol. The number of amides is 2. The fourth-order valence-electron chi connectivity index (χ4n) is 4.07. The van der Waals surface area contributed by atoms with Crippen LogP contribution < -0.4 is 5.32 Å². The molecule has 2 atom stereocenters. The first kappa shape index (κ1) is 18.8. The zero-order valence-corrected chi connectivity index (χ0v) is 16.0. The monoisotopic (exact) mass is 363 g/mol. The highest BCUT2D eigenvalue weighted by atomic mass is 16.4. The summed E-state index contributed by atoms with van der Waals surface area (Å²) in [5, 5.41) is 3.19. The minimum atomic E-state index is -0.455. The van der Waals surface area contributed by atoms with Crippen molar-refractivity contribution in [3.8, 4) is 0 Å². The average molecular weight is 363 g/mol. The van der Waals surface area contributed by atoms with Gasteiger partial charge >= 0.3 is 17.6 Å². The lowest BCUT2D eigenvalue weighted by molar-refractivity contribution is -1.22. The van der Waals surface area contributed by atoms with Gasteiger partial charge < -0.3 is 0 Å². The Bertz CT molecular complexity index is 699. The average Bonchev–Trinajstić information content (AvgIpc) is 3.04. The number of hydrogen-bond acceptors (Lipinski definition) is 5. The normalized spacial score (nSPS) is 27.7. The highest BCUT2D eigenvalue weighted by Crippen LogP contribution is 2.39. The number of carbonyl (C=O) groups excluding carboxylic acids is 2. The number of nitrogens with one attached hydrogen (secondary N) is 1. The van der Waals surface area contributed by atoms with E-state index in [0.29, 0.717) is 62.7 Å². The van der Waals surface area contributed by atoms with Gasteiger partial charge in [-0.15, -0.1) is 0 Å². The van der Waals surface area contributed by atoms with E-state index in [1.54, 1.807) is 0 Å². The van der Waals surface area contributed by atoms with Gasteiger partial charge in [-0.2, -0.15) is 4.90 Å². The Hall–Kier alpha value is -1.93. The van der Waals surface area contributed by atoms with Crippen molar-refractivity contribution in [2.75, 3.05) is 19.8 Å². The van der Waals surface area contributed by atoms with Crippen LogP contribution in [0.5, 0.6) is 0 Å². The Kier molecular flexibility index (Phi) is 5.34. The smallest absolute Gasteiger partial charge is 0.276 e. The Labute approximate surface area is 154 Å². The first-order chi connectivity index (χ1) is 12.5. The number of quaternary nitrogens is 1. The summed E-state index contributed by atoms with van der Waals surface area (Å²) >= 11 is 0. The fourth-order valence-corrected chi connectivity index (χ4v) is 4.07. The van der Waals surface area contributed by atoms with Crippen LogP contribution in [0.15, 0.2) is 16.4 Å². The maximum absolute atomic E-state index is 13.4. The molecule has 3 aliphatic rings. The molecule has 2 unspecified atom stereocenters. The van der Waals surface area contributed by atoms with E-state index < -0.39 is 10.6 Å². The van der Waals surface area contributed by atoms with Gasteiger partial charge in [0.25, 0.3) is 5.84 Å². The Morgan fingerprint density at radius 2 is 2.08 bits per heavy atom. The van der Waals surface area contributed by atoms with Crippen molar-refractivity contribution in [3.05, 3.63) is 16.3 Å². The summed E-state index contributed by atoms with van der Waals surface area (Å²) in [6.45, 7) is 7.10. The molecule has 0 saturated heterocycles. The molecule has 26 heavy (non-hydrogen) atoms. The molecule has 8 nitrogen and oxygen atoms in total. The molecule has 1 N–H and O–H groups in total. The second kappa shape index (κ2) is 7.36. The van der Waals surface area contributed by atoms with E-state index in [4.69, 9.17) is 4.99 Å². The molecule has 3 aliphatic heterocycles. The summed E-state index contributed by atoms with van der Waals surface area (Å²) < 4.78 is -0.396. The van der Waals surface area contributed by atoms with Crippen LogP contribution >= 0.6 is 0 Å². The number of nitrogens with zero attached hydrogens (tertiary/aromatic N) is 4. The van der Waals surface area contributed by atoms with Crippen molar-refractivity contribution >= 4 is 17.6 Å². The number of unbranched alkanes of at least 4 members (excludes halogenated alkanes) is 1. The highest BCUT2D eigenvalue weighted by molar-refractivity contribution is 6.06. The number of hydrogen-bond donors (Lipinski definition) is 1. The van der Waals surface area contributed by atoms with Crippen LogP contribution in [0.2, 0.25) is 0 Å². The van der Waals surface area contributed by atoms with Gasteiger partial charge in [-0.05, 0) is 28.8 Å². The second-order valence-corrected chi connectivity index (χ2v) is 7.17. The molecule has 8 heteroatoms. The van der Waals surface area contributed by atoms with Crippen molar-refractivity contribution < 1.29 is 19.1 Å². The summed E-state index contributed by atoms with van der Waals surface area (Å²) in [7, 11) is 0. The van der Waals surface area contributed by atoms with Crippen molar-refractivity contribution in [2.24, 2.45) is 4.99 Å². The van der Waals surface area contributed by atoms with Gasteiger partial charge in [-0.3, -0.25) is 5.32 Å². The molecule has 142 valence electrons. The maximum atomic E-state index is 13.4. The molecule has 3 rings (SSSR count). The van der Waals surface area contributed by atoms with Crippen molar-refractivity contribution in [1.82, 2.24) is 10.2 Å². The van der Waals surface area contributed by atoms with Crippen LogP contribution in [0.1, 0.15) is 59.3 Å². The van der Waals surface area contributed by atoms with Gasteiger partial charge in [0.2, 0.25) is 0 Å². The van der Waals surface area contributed by atoms with Crippen LogP contribution in [-0.2, 0) is 9.59 Å². The van der Waals surface area contributed by atoms with Gasteiger partial charge in [0.05, 0.1) is 0 Å². The second-order valence-electron chi connectivity index (χ2n) is 7.17. The molecular formula is C18H29N5O3+2. The molecule has 0 spiro atoms. The molecule has 0 radical (unpaired) electrons. The van der Waals surface area contributed by atoms with E-state index >= 15 is 0 Å². The third kappa shape index (κ3) is 2.63. The zero-order chi connectivity index (χ0) is 18.9. The van der Waals surface area contributed by atoms with E-state index in [1.807, 2.05) is 13.8 Å². The maximum Gasteiger partial charge on any atom is 0.398 e. The first-order valence-corrected chi connectivity index (χ1v) is 9.76. The largest absolute Gasteiger partial charge is 0.398 e. The van der Waals surface area contributed by atoms with Crippen molar-refractivity contribution in [2.45, 2.75) is 65.3 Å². The highest BCUT2D eigenvalue weighted by Gasteiger charge is 2.70. The Balaban J connectivity index is 2.05. The Morgan fingerprint density at radius 1 is 1.31 bits per heavy atom. The van der Waals surface area contributed by atoms with Gasteiger partial charge in [0.1, 0.15) is 13.2 Å². The molecule has 0 bridgehead atoms. The molecule has 0 fully saturated rings. The minimum Gasteiger partial charge on any atom is -0.276 e. The number of fused-ring (bicyclic) bond motifs is 2. The number of nitroso groups, excluding NO2 is 1. The molecule has 2 amide bonds. The number of carbonyl (C=O) groups is 2. The van der Waals surface area contributed by atoms with E-state index in [-0.39, 0.29) is 11.8 Å². The lowest BCUT2D eigenvalue weighted by atomic mass is 10.1. The summed E-state index contributed by atoms with van der Waals surface area (Å²) in [5.74, 6) is 0.614. The number of aliphatic imine (C=N–C) groups is 1. The number of amidine groups is 1. The van der Waals surface area contributed by atoms with Gasteiger partial charge in [0.15, 0.2) is 16.5 Å². The molecule has 0 saturated carbocycles. The van der Waals surface area contributed by atoms with E-state index in [1.165, 1.54) is 4.90 Å². The lowest BCUT2D eigenvalue weighted by Gasteiger charge is -2.21. The van der Waals surface area contributed by atoms with Crippen LogP contribution in [0.4, 0.5) is 0 Å². The minimum absolute atomic E-state index is 0.0977. The lowest BCUT2D eigenvalue weighted by Crippen LogP contribution is -2.59. The predicted octanol–water partition coefficient (Wildman–Crippen LogP) is 1.82. The number of rotatable bonds is 7. The molecule has 3 heterocycles. The quantitative estimate of drug-likeness (QED) is 0.552.